The molecule has 9 heteroatoms. The monoisotopic (exact) mass is 288 g/mol. The topological polar surface area (TPSA) is 89.3 Å². The van der Waals surface area contributed by atoms with Crippen LogP contribution in [0.2, 0.25) is 0 Å². The van der Waals surface area contributed by atoms with E-state index in [1.807, 2.05) is 5.32 Å². The first-order valence-corrected chi connectivity index (χ1v) is 7.25. The maximum Gasteiger partial charge on any atom is 0.401 e. The van der Waals surface area contributed by atoms with Crippen LogP contribution in [0.4, 0.5) is 13.2 Å². The van der Waals surface area contributed by atoms with E-state index in [0.29, 0.717) is 6.42 Å². The van der Waals surface area contributed by atoms with Crippen molar-refractivity contribution in [2.45, 2.75) is 36.2 Å². The van der Waals surface area contributed by atoms with Gasteiger partial charge in [0.25, 0.3) is 0 Å². The van der Waals surface area contributed by atoms with Crippen LogP contribution in [-0.4, -0.2) is 44.1 Å². The maximum absolute atomic E-state index is 12.2. The van der Waals surface area contributed by atoms with Crippen molar-refractivity contribution in [1.29, 1.82) is 0 Å². The molecule has 1 rings (SSSR count). The van der Waals surface area contributed by atoms with E-state index in [1.54, 1.807) is 0 Å². The lowest BCUT2D eigenvalue weighted by atomic mass is 9.96. The van der Waals surface area contributed by atoms with E-state index in [4.69, 9.17) is 5.73 Å². The number of carbonyl (C=O) groups excluding carboxylic acids is 1. The van der Waals surface area contributed by atoms with Gasteiger partial charge in [-0.15, -0.1) is 0 Å². The summed E-state index contributed by atoms with van der Waals surface area (Å²) in [7, 11) is -3.65. The van der Waals surface area contributed by atoms with Crippen molar-refractivity contribution < 1.29 is 26.4 Å². The Morgan fingerprint density at radius 3 is 2.44 bits per heavy atom. The lowest BCUT2D eigenvalue weighted by molar-refractivity contribution is -0.135. The van der Waals surface area contributed by atoms with Gasteiger partial charge in [0.15, 0.2) is 9.84 Å². The summed E-state index contributed by atoms with van der Waals surface area (Å²) in [5.74, 6) is -1.06. The van der Waals surface area contributed by atoms with Crippen LogP contribution < -0.4 is 11.1 Å². The molecule has 2 atom stereocenters. The van der Waals surface area contributed by atoms with Gasteiger partial charge in [0, 0.05) is 6.26 Å². The second-order valence-electron chi connectivity index (χ2n) is 4.51. The Bertz CT molecular complexity index is 435. The van der Waals surface area contributed by atoms with Gasteiger partial charge in [0.2, 0.25) is 5.91 Å². The van der Waals surface area contributed by atoms with Crippen LogP contribution in [0.1, 0.15) is 19.3 Å². The molecule has 106 valence electrons. The quantitative estimate of drug-likeness (QED) is 0.759. The number of sulfone groups is 1. The summed E-state index contributed by atoms with van der Waals surface area (Å²) >= 11 is 0. The number of rotatable bonds is 4. The van der Waals surface area contributed by atoms with Gasteiger partial charge in [-0.05, 0) is 19.3 Å². The summed E-state index contributed by atoms with van der Waals surface area (Å²) in [4.78, 5) is 11.4. The van der Waals surface area contributed by atoms with Crippen LogP contribution in [0.3, 0.4) is 0 Å². The first-order valence-electron chi connectivity index (χ1n) is 5.29. The molecule has 0 aliphatic heterocycles. The van der Waals surface area contributed by atoms with Crippen LogP contribution >= 0.6 is 0 Å². The zero-order chi connectivity index (χ0) is 14.2. The van der Waals surface area contributed by atoms with Gasteiger partial charge >= 0.3 is 6.18 Å². The van der Waals surface area contributed by atoms with E-state index in [1.165, 1.54) is 0 Å². The molecular formula is C9H15F3N2O3S. The van der Waals surface area contributed by atoms with Gasteiger partial charge in [-0.2, -0.15) is 13.2 Å². The molecule has 0 bridgehead atoms. The molecule has 18 heavy (non-hydrogen) atoms. The first-order chi connectivity index (χ1) is 7.99. The Morgan fingerprint density at radius 2 is 2.06 bits per heavy atom. The summed E-state index contributed by atoms with van der Waals surface area (Å²) in [5, 5.41) is 0.809. The number of carbonyl (C=O) groups is 1. The highest BCUT2D eigenvalue weighted by atomic mass is 32.2. The van der Waals surface area contributed by atoms with Crippen molar-refractivity contribution in [3.63, 3.8) is 0 Å². The van der Waals surface area contributed by atoms with Gasteiger partial charge in [0.1, 0.15) is 5.54 Å². The first kappa shape index (κ1) is 15.2. The number of hydrogen-bond donors (Lipinski definition) is 2. The Kier molecular flexibility index (Phi) is 3.97. The van der Waals surface area contributed by atoms with Gasteiger partial charge in [-0.25, -0.2) is 8.42 Å². The number of hydrogen-bond acceptors (Lipinski definition) is 4. The molecule has 1 amide bonds. The Hall–Kier alpha value is -0.830. The van der Waals surface area contributed by atoms with Crippen molar-refractivity contribution >= 4 is 15.7 Å². The normalized spacial score (nSPS) is 29.4. The predicted molar refractivity (Wildman–Crippen MR) is 58.5 cm³/mol. The smallest absolute Gasteiger partial charge is 0.368 e. The Balaban J connectivity index is 3.04. The van der Waals surface area contributed by atoms with E-state index < -0.39 is 39.3 Å². The molecule has 0 radical (unpaired) electrons. The molecule has 1 aliphatic rings. The zero-order valence-electron chi connectivity index (χ0n) is 9.75. The highest BCUT2D eigenvalue weighted by Gasteiger charge is 2.53. The standard InChI is InChI=1S/C9H15F3N2O3S/c1-18(16,17)6-3-2-4-8(6,7(13)15)14-5-9(10,11)12/h6,14H,2-5H2,1H3,(H2,13,15). The summed E-state index contributed by atoms with van der Waals surface area (Å²) < 4.78 is 59.7. The fraction of sp³-hybridized carbons (Fsp3) is 0.889. The third kappa shape index (κ3) is 3.14. The molecule has 0 aromatic carbocycles. The second kappa shape index (κ2) is 4.69. The van der Waals surface area contributed by atoms with Crippen LogP contribution in [0.5, 0.6) is 0 Å². The van der Waals surface area contributed by atoms with Gasteiger partial charge in [-0.1, -0.05) is 0 Å². The molecule has 0 spiro atoms. The maximum atomic E-state index is 12.2. The van der Waals surface area contributed by atoms with E-state index in [0.717, 1.165) is 6.26 Å². The summed E-state index contributed by atoms with van der Waals surface area (Å²) in [6.45, 7) is -1.44. The van der Waals surface area contributed by atoms with E-state index in [-0.39, 0.29) is 12.8 Å². The fourth-order valence-electron chi connectivity index (χ4n) is 2.38. The molecule has 0 aromatic rings. The van der Waals surface area contributed by atoms with Crippen LogP contribution in [-0.2, 0) is 14.6 Å². The summed E-state index contributed by atoms with van der Waals surface area (Å²) in [6, 6.07) is 0. The third-order valence-electron chi connectivity index (χ3n) is 3.15. The zero-order valence-corrected chi connectivity index (χ0v) is 10.6. The number of nitrogens with two attached hydrogens (primary N) is 1. The molecule has 1 saturated carbocycles. The number of amides is 1. The average Bonchev–Trinajstić information content (AvgIpc) is 2.57. The molecule has 2 unspecified atom stereocenters. The minimum absolute atomic E-state index is 0.00382. The molecule has 3 N–H and O–H groups in total. The number of nitrogens with one attached hydrogen (secondary N) is 1. The Morgan fingerprint density at radius 1 is 1.50 bits per heavy atom. The molecular weight excluding hydrogens is 273 g/mol. The Labute approximate surface area is 103 Å². The van der Waals surface area contributed by atoms with Gasteiger partial charge in [-0.3, -0.25) is 10.1 Å². The predicted octanol–water partition coefficient (Wildman–Crippen LogP) is -0.0405. The third-order valence-corrected chi connectivity index (χ3v) is 4.82. The molecule has 1 aliphatic carbocycles. The average molecular weight is 288 g/mol. The lowest BCUT2D eigenvalue weighted by Gasteiger charge is -2.32. The minimum Gasteiger partial charge on any atom is -0.368 e. The SMILES string of the molecule is CS(=O)(=O)C1CCCC1(NCC(F)(F)F)C(N)=O. The molecule has 0 heterocycles. The van der Waals surface area contributed by atoms with Crippen molar-refractivity contribution in [2.75, 3.05) is 12.8 Å². The molecule has 1 fully saturated rings. The second-order valence-corrected chi connectivity index (χ2v) is 6.74. The van der Waals surface area contributed by atoms with E-state index in [2.05, 4.69) is 0 Å². The fourth-order valence-corrected chi connectivity index (χ4v) is 4.03. The van der Waals surface area contributed by atoms with Gasteiger partial charge < -0.3 is 5.73 Å². The van der Waals surface area contributed by atoms with Crippen molar-refractivity contribution in [2.24, 2.45) is 5.73 Å². The number of halogens is 3. The largest absolute Gasteiger partial charge is 0.401 e. The van der Waals surface area contributed by atoms with Crippen LogP contribution in [0.15, 0.2) is 0 Å². The van der Waals surface area contributed by atoms with Crippen molar-refractivity contribution in [1.82, 2.24) is 5.32 Å². The highest BCUT2D eigenvalue weighted by molar-refractivity contribution is 7.91. The van der Waals surface area contributed by atoms with Crippen molar-refractivity contribution in [3.05, 3.63) is 0 Å². The van der Waals surface area contributed by atoms with Crippen LogP contribution in [0, 0.1) is 0 Å². The van der Waals surface area contributed by atoms with E-state index in [9.17, 15) is 26.4 Å². The molecule has 0 aromatic heterocycles. The number of alkyl halides is 3. The molecule has 5 nitrogen and oxygen atoms in total. The number of primary amides is 1. The van der Waals surface area contributed by atoms with Gasteiger partial charge in [0.05, 0.1) is 11.8 Å². The van der Waals surface area contributed by atoms with Crippen molar-refractivity contribution in [3.8, 4) is 0 Å². The highest BCUT2D eigenvalue weighted by Crippen LogP contribution is 2.35. The summed E-state index contributed by atoms with van der Waals surface area (Å²) in [6.07, 6.45) is -3.17. The van der Waals surface area contributed by atoms with E-state index >= 15 is 0 Å². The minimum atomic E-state index is -4.53. The summed E-state index contributed by atoms with van der Waals surface area (Å²) in [5.41, 5.74) is 3.30. The van der Waals surface area contributed by atoms with Crippen LogP contribution in [0.25, 0.3) is 0 Å². The lowest BCUT2D eigenvalue weighted by Crippen LogP contribution is -2.63. The molecule has 0 saturated heterocycles.